The van der Waals surface area contributed by atoms with Gasteiger partial charge >= 0.3 is 5.97 Å². The van der Waals surface area contributed by atoms with Gasteiger partial charge in [-0.3, -0.25) is 9.69 Å². The van der Waals surface area contributed by atoms with Crippen molar-refractivity contribution in [3.8, 4) is 0 Å². The molecule has 3 aliphatic rings. The number of likely N-dealkylation sites (tertiary alicyclic amines) is 1. The van der Waals surface area contributed by atoms with Crippen molar-refractivity contribution < 1.29 is 9.90 Å². The van der Waals surface area contributed by atoms with Crippen molar-refractivity contribution in [1.29, 1.82) is 0 Å². The lowest BCUT2D eigenvalue weighted by Crippen LogP contribution is -2.59. The highest BCUT2D eigenvalue weighted by atomic mass is 16.4. The molecule has 3 unspecified atom stereocenters. The average molecular weight is 265 g/mol. The SMILES string of the molecule is CC1(C(=O)O)CCCCN1C1CCCC(C2CC2)C1. The molecule has 19 heavy (non-hydrogen) atoms. The van der Waals surface area contributed by atoms with E-state index in [0.717, 1.165) is 31.2 Å². The number of rotatable bonds is 3. The van der Waals surface area contributed by atoms with Gasteiger partial charge in [-0.15, -0.1) is 0 Å². The number of nitrogens with zero attached hydrogens (tertiary/aromatic N) is 1. The quantitative estimate of drug-likeness (QED) is 0.851. The number of piperidine rings is 1. The van der Waals surface area contributed by atoms with E-state index in [-0.39, 0.29) is 0 Å². The van der Waals surface area contributed by atoms with Gasteiger partial charge in [-0.1, -0.05) is 12.8 Å². The highest BCUT2D eigenvalue weighted by Crippen LogP contribution is 2.46. The Morgan fingerprint density at radius 2 is 1.89 bits per heavy atom. The molecule has 3 heteroatoms. The molecule has 0 aromatic heterocycles. The van der Waals surface area contributed by atoms with E-state index < -0.39 is 11.5 Å². The molecular weight excluding hydrogens is 238 g/mol. The second kappa shape index (κ2) is 5.08. The van der Waals surface area contributed by atoms with Crippen LogP contribution in [0.3, 0.4) is 0 Å². The molecule has 0 radical (unpaired) electrons. The first kappa shape index (κ1) is 13.4. The number of carbonyl (C=O) groups is 1. The van der Waals surface area contributed by atoms with Crippen LogP contribution < -0.4 is 0 Å². The third-order valence-corrected chi connectivity index (χ3v) is 5.82. The van der Waals surface area contributed by atoms with Gasteiger partial charge in [0.25, 0.3) is 0 Å². The predicted molar refractivity (Wildman–Crippen MR) is 75.1 cm³/mol. The van der Waals surface area contributed by atoms with Gasteiger partial charge in [-0.2, -0.15) is 0 Å². The van der Waals surface area contributed by atoms with Crippen molar-refractivity contribution in [2.75, 3.05) is 6.54 Å². The number of aliphatic carboxylic acids is 1. The van der Waals surface area contributed by atoms with E-state index in [9.17, 15) is 9.90 Å². The minimum atomic E-state index is -0.610. The Labute approximate surface area is 116 Å². The summed E-state index contributed by atoms with van der Waals surface area (Å²) in [4.78, 5) is 14.1. The smallest absolute Gasteiger partial charge is 0.323 e. The molecule has 0 aromatic carbocycles. The lowest BCUT2D eigenvalue weighted by Gasteiger charge is -2.48. The summed E-state index contributed by atoms with van der Waals surface area (Å²) in [5.41, 5.74) is -0.603. The van der Waals surface area contributed by atoms with Crippen LogP contribution in [0, 0.1) is 11.8 Å². The monoisotopic (exact) mass is 265 g/mol. The summed E-state index contributed by atoms with van der Waals surface area (Å²) in [5.74, 6) is 1.25. The maximum atomic E-state index is 11.7. The molecule has 2 aliphatic carbocycles. The molecule has 3 fully saturated rings. The van der Waals surface area contributed by atoms with Crippen molar-refractivity contribution in [3.63, 3.8) is 0 Å². The molecule has 3 nitrogen and oxygen atoms in total. The topological polar surface area (TPSA) is 40.5 Å². The molecule has 3 rings (SSSR count). The van der Waals surface area contributed by atoms with Crippen LogP contribution in [-0.2, 0) is 4.79 Å². The minimum Gasteiger partial charge on any atom is -0.480 e. The molecule has 0 spiro atoms. The van der Waals surface area contributed by atoms with Gasteiger partial charge in [0.2, 0.25) is 0 Å². The average Bonchev–Trinajstić information content (AvgIpc) is 3.23. The number of carboxylic acid groups (broad SMARTS) is 1. The van der Waals surface area contributed by atoms with Gasteiger partial charge < -0.3 is 5.11 Å². The maximum Gasteiger partial charge on any atom is 0.323 e. The summed E-state index contributed by atoms with van der Waals surface area (Å²) in [6.07, 6.45) is 11.1. The maximum absolute atomic E-state index is 11.7. The zero-order chi connectivity index (χ0) is 13.5. The first-order valence-corrected chi connectivity index (χ1v) is 8.11. The van der Waals surface area contributed by atoms with Gasteiger partial charge in [0.1, 0.15) is 5.54 Å². The van der Waals surface area contributed by atoms with E-state index in [1.54, 1.807) is 0 Å². The predicted octanol–water partition coefficient (Wildman–Crippen LogP) is 3.28. The Kier molecular flexibility index (Phi) is 3.59. The Bertz CT molecular complexity index is 353. The number of carboxylic acids is 1. The molecule has 1 saturated heterocycles. The molecule has 2 saturated carbocycles. The molecule has 1 aliphatic heterocycles. The van der Waals surface area contributed by atoms with E-state index in [2.05, 4.69) is 4.90 Å². The van der Waals surface area contributed by atoms with Crippen molar-refractivity contribution in [2.45, 2.75) is 76.3 Å². The summed E-state index contributed by atoms with van der Waals surface area (Å²) in [5, 5.41) is 9.64. The van der Waals surface area contributed by atoms with Gasteiger partial charge in [-0.05, 0) is 70.3 Å². The highest BCUT2D eigenvalue weighted by molar-refractivity contribution is 5.78. The van der Waals surface area contributed by atoms with Crippen LogP contribution in [0.1, 0.15) is 64.7 Å². The van der Waals surface area contributed by atoms with Crippen LogP contribution in [0.25, 0.3) is 0 Å². The van der Waals surface area contributed by atoms with Crippen LogP contribution in [-0.4, -0.2) is 34.1 Å². The highest BCUT2D eigenvalue weighted by Gasteiger charge is 2.46. The summed E-state index contributed by atoms with van der Waals surface area (Å²) in [6, 6.07) is 0.528. The third-order valence-electron chi connectivity index (χ3n) is 5.82. The van der Waals surface area contributed by atoms with E-state index in [4.69, 9.17) is 0 Å². The molecular formula is C16H27NO2. The molecule has 0 amide bonds. The van der Waals surface area contributed by atoms with Crippen LogP contribution in [0.15, 0.2) is 0 Å². The first-order chi connectivity index (χ1) is 9.11. The molecule has 1 heterocycles. The molecule has 0 bridgehead atoms. The minimum absolute atomic E-state index is 0.528. The van der Waals surface area contributed by atoms with E-state index >= 15 is 0 Å². The Hall–Kier alpha value is -0.570. The Morgan fingerprint density at radius 3 is 2.58 bits per heavy atom. The zero-order valence-corrected chi connectivity index (χ0v) is 12.1. The lowest BCUT2D eigenvalue weighted by atomic mass is 9.78. The largest absolute Gasteiger partial charge is 0.480 e. The van der Waals surface area contributed by atoms with Crippen LogP contribution >= 0.6 is 0 Å². The fourth-order valence-electron chi connectivity index (χ4n) is 4.44. The van der Waals surface area contributed by atoms with E-state index in [1.807, 2.05) is 6.92 Å². The third kappa shape index (κ3) is 2.54. The second-order valence-electron chi connectivity index (χ2n) is 7.15. The molecule has 1 N–H and O–H groups in total. The van der Waals surface area contributed by atoms with Crippen LogP contribution in [0.4, 0.5) is 0 Å². The number of hydrogen-bond acceptors (Lipinski definition) is 2. The summed E-state index contributed by atoms with van der Waals surface area (Å²) in [6.45, 7) is 2.94. The van der Waals surface area contributed by atoms with Crippen molar-refractivity contribution in [3.05, 3.63) is 0 Å². The van der Waals surface area contributed by atoms with Crippen molar-refractivity contribution in [1.82, 2.24) is 4.90 Å². The normalized spacial score (nSPS) is 41.1. The molecule has 3 atom stereocenters. The van der Waals surface area contributed by atoms with Crippen molar-refractivity contribution >= 4 is 5.97 Å². The lowest BCUT2D eigenvalue weighted by molar-refractivity contribution is -0.156. The summed E-state index contributed by atoms with van der Waals surface area (Å²) >= 11 is 0. The van der Waals surface area contributed by atoms with E-state index in [0.29, 0.717) is 6.04 Å². The molecule has 108 valence electrons. The fraction of sp³-hybridized carbons (Fsp3) is 0.938. The number of hydrogen-bond donors (Lipinski definition) is 1. The van der Waals surface area contributed by atoms with Gasteiger partial charge in [0.05, 0.1) is 0 Å². The fourth-order valence-corrected chi connectivity index (χ4v) is 4.44. The first-order valence-electron chi connectivity index (χ1n) is 8.11. The zero-order valence-electron chi connectivity index (χ0n) is 12.1. The molecule has 0 aromatic rings. The van der Waals surface area contributed by atoms with E-state index in [1.165, 1.54) is 44.9 Å². The van der Waals surface area contributed by atoms with Gasteiger partial charge in [0, 0.05) is 6.04 Å². The van der Waals surface area contributed by atoms with Crippen LogP contribution in [0.2, 0.25) is 0 Å². The van der Waals surface area contributed by atoms with Gasteiger partial charge in [-0.25, -0.2) is 0 Å². The Balaban J connectivity index is 1.72. The second-order valence-corrected chi connectivity index (χ2v) is 7.15. The Morgan fingerprint density at radius 1 is 1.11 bits per heavy atom. The van der Waals surface area contributed by atoms with Crippen molar-refractivity contribution in [2.24, 2.45) is 11.8 Å². The standard InChI is InChI=1S/C16H27NO2/c1-16(15(18)19)9-2-3-10-17(16)14-6-4-5-13(11-14)12-7-8-12/h12-14H,2-11H2,1H3,(H,18,19). The van der Waals surface area contributed by atoms with Gasteiger partial charge in [0.15, 0.2) is 0 Å². The summed E-state index contributed by atoms with van der Waals surface area (Å²) < 4.78 is 0. The van der Waals surface area contributed by atoms with Crippen LogP contribution in [0.5, 0.6) is 0 Å². The summed E-state index contributed by atoms with van der Waals surface area (Å²) in [7, 11) is 0.